The van der Waals surface area contributed by atoms with E-state index in [0.29, 0.717) is 10.6 Å². The van der Waals surface area contributed by atoms with Crippen LogP contribution < -0.4 is 0 Å². The highest BCUT2D eigenvalue weighted by atomic mass is 35.5. The van der Waals surface area contributed by atoms with Crippen LogP contribution in [-0.4, -0.2) is 5.97 Å². The highest BCUT2D eigenvalue weighted by Gasteiger charge is 2.05. The van der Waals surface area contributed by atoms with Crippen molar-refractivity contribution in [2.75, 3.05) is 0 Å². The van der Waals surface area contributed by atoms with Gasteiger partial charge in [-0.3, -0.25) is 0 Å². The number of esters is 1. The first-order valence-corrected chi connectivity index (χ1v) is 5.82. The first-order valence-electron chi connectivity index (χ1n) is 5.44. The molecule has 0 aliphatic carbocycles. The number of carbonyl (C=O) groups excluding carboxylic acids is 1. The lowest BCUT2D eigenvalue weighted by molar-refractivity contribution is 0.0665. The van der Waals surface area contributed by atoms with Crippen LogP contribution >= 0.6 is 11.6 Å². The van der Waals surface area contributed by atoms with Gasteiger partial charge < -0.3 is 4.74 Å². The summed E-state index contributed by atoms with van der Waals surface area (Å²) in [6.07, 6.45) is 1.26. The lowest BCUT2D eigenvalue weighted by Gasteiger charge is -2.01. The molecule has 0 saturated heterocycles. The molecule has 90 valence electrons. The van der Waals surface area contributed by atoms with Crippen molar-refractivity contribution in [2.45, 2.75) is 0 Å². The van der Waals surface area contributed by atoms with Gasteiger partial charge in [0.1, 0.15) is 6.26 Å². The first kappa shape index (κ1) is 12.4. The number of carbonyl (C=O) groups is 1. The molecule has 0 saturated carbocycles. The Morgan fingerprint density at radius 2 is 1.39 bits per heavy atom. The van der Waals surface area contributed by atoms with Crippen LogP contribution in [0.5, 0.6) is 0 Å². The summed E-state index contributed by atoms with van der Waals surface area (Å²) in [4.78, 5) is 11.7. The Morgan fingerprint density at radius 3 is 1.94 bits per heavy atom. The third-order valence-corrected chi connectivity index (χ3v) is 2.64. The maximum atomic E-state index is 11.7. The van der Waals surface area contributed by atoms with E-state index < -0.39 is 5.97 Å². The van der Waals surface area contributed by atoms with Crippen molar-refractivity contribution in [3.8, 4) is 0 Å². The molecule has 0 unspecified atom stereocenters. The van der Waals surface area contributed by atoms with Gasteiger partial charge in [-0.2, -0.15) is 0 Å². The SMILES string of the molecule is O=C(OC=C(Cl)c1ccccc1)c1ccccc1. The normalized spacial score (nSPS) is 11.1. The Labute approximate surface area is 110 Å². The van der Waals surface area contributed by atoms with Crippen molar-refractivity contribution in [3.05, 3.63) is 78.1 Å². The Hall–Kier alpha value is -2.06. The topological polar surface area (TPSA) is 26.3 Å². The van der Waals surface area contributed by atoms with Crippen LogP contribution in [0.3, 0.4) is 0 Å². The third-order valence-electron chi connectivity index (χ3n) is 2.33. The van der Waals surface area contributed by atoms with Crippen LogP contribution in [0, 0.1) is 0 Å². The minimum atomic E-state index is -0.426. The first-order chi connectivity index (χ1) is 8.77. The summed E-state index contributed by atoms with van der Waals surface area (Å²) in [5, 5.41) is 0.389. The van der Waals surface area contributed by atoms with Crippen molar-refractivity contribution in [2.24, 2.45) is 0 Å². The number of rotatable bonds is 3. The second-order valence-electron chi connectivity index (χ2n) is 3.60. The lowest BCUT2D eigenvalue weighted by Crippen LogP contribution is -1.99. The molecule has 0 spiro atoms. The van der Waals surface area contributed by atoms with Crippen LogP contribution in [0.4, 0.5) is 0 Å². The molecule has 0 radical (unpaired) electrons. The Morgan fingerprint density at radius 1 is 0.889 bits per heavy atom. The summed E-state index contributed by atoms with van der Waals surface area (Å²) in [5.41, 5.74) is 1.30. The maximum Gasteiger partial charge on any atom is 0.342 e. The molecule has 0 aromatic heterocycles. The predicted molar refractivity (Wildman–Crippen MR) is 72.1 cm³/mol. The summed E-state index contributed by atoms with van der Waals surface area (Å²) in [6, 6.07) is 18.1. The minimum Gasteiger partial charge on any atom is -0.429 e. The predicted octanol–water partition coefficient (Wildman–Crippen LogP) is 4.08. The smallest absolute Gasteiger partial charge is 0.342 e. The van der Waals surface area contributed by atoms with Crippen LogP contribution in [0.2, 0.25) is 0 Å². The highest BCUT2D eigenvalue weighted by molar-refractivity contribution is 6.48. The van der Waals surface area contributed by atoms with Crippen molar-refractivity contribution in [3.63, 3.8) is 0 Å². The third kappa shape index (κ3) is 3.22. The zero-order chi connectivity index (χ0) is 12.8. The van der Waals surface area contributed by atoms with Gasteiger partial charge in [0.25, 0.3) is 0 Å². The average molecular weight is 259 g/mol. The number of hydrogen-bond donors (Lipinski definition) is 0. The van der Waals surface area contributed by atoms with E-state index in [1.165, 1.54) is 6.26 Å². The largest absolute Gasteiger partial charge is 0.429 e. The minimum absolute atomic E-state index is 0.389. The monoisotopic (exact) mass is 258 g/mol. The van der Waals surface area contributed by atoms with E-state index in [9.17, 15) is 4.79 Å². The molecule has 2 aromatic rings. The fourth-order valence-electron chi connectivity index (χ4n) is 1.41. The van der Waals surface area contributed by atoms with Crippen LogP contribution in [-0.2, 0) is 4.74 Å². The van der Waals surface area contributed by atoms with Gasteiger partial charge in [-0.25, -0.2) is 4.79 Å². The van der Waals surface area contributed by atoms with Gasteiger partial charge in [-0.1, -0.05) is 60.1 Å². The van der Waals surface area contributed by atoms with Gasteiger partial charge in [0.05, 0.1) is 10.6 Å². The fraction of sp³-hybridized carbons (Fsp3) is 0. The Kier molecular flexibility index (Phi) is 4.15. The molecule has 0 aliphatic rings. The molecule has 0 aliphatic heterocycles. The molecular weight excluding hydrogens is 248 g/mol. The molecule has 2 aromatic carbocycles. The standard InChI is InChI=1S/C15H11ClO2/c16-14(12-7-3-1-4-8-12)11-18-15(17)13-9-5-2-6-10-13/h1-11H. The van der Waals surface area contributed by atoms with E-state index in [4.69, 9.17) is 16.3 Å². The summed E-state index contributed by atoms with van der Waals surface area (Å²) in [7, 11) is 0. The van der Waals surface area contributed by atoms with E-state index in [1.54, 1.807) is 24.3 Å². The molecule has 2 rings (SSSR count). The summed E-state index contributed by atoms with van der Waals surface area (Å²) in [6.45, 7) is 0. The Balaban J connectivity index is 2.05. The molecule has 0 bridgehead atoms. The van der Waals surface area contributed by atoms with E-state index >= 15 is 0 Å². The number of ether oxygens (including phenoxy) is 1. The molecule has 0 N–H and O–H groups in total. The van der Waals surface area contributed by atoms with E-state index in [-0.39, 0.29) is 0 Å². The lowest BCUT2D eigenvalue weighted by atomic mass is 10.2. The summed E-state index contributed by atoms with van der Waals surface area (Å²) in [5.74, 6) is -0.426. The van der Waals surface area contributed by atoms with Gasteiger partial charge >= 0.3 is 5.97 Å². The zero-order valence-electron chi connectivity index (χ0n) is 9.55. The van der Waals surface area contributed by atoms with Crippen LogP contribution in [0.15, 0.2) is 66.9 Å². The second kappa shape index (κ2) is 6.03. The van der Waals surface area contributed by atoms with E-state index in [2.05, 4.69) is 0 Å². The van der Waals surface area contributed by atoms with Gasteiger partial charge in [-0.05, 0) is 17.7 Å². The summed E-state index contributed by atoms with van der Waals surface area (Å²) < 4.78 is 5.01. The number of benzene rings is 2. The van der Waals surface area contributed by atoms with E-state index in [1.807, 2.05) is 36.4 Å². The van der Waals surface area contributed by atoms with Crippen molar-refractivity contribution in [1.82, 2.24) is 0 Å². The number of halogens is 1. The summed E-state index contributed by atoms with van der Waals surface area (Å²) >= 11 is 6.02. The van der Waals surface area contributed by atoms with Gasteiger partial charge in [-0.15, -0.1) is 0 Å². The quantitative estimate of drug-likeness (QED) is 0.612. The molecule has 0 atom stereocenters. The van der Waals surface area contributed by atoms with Crippen molar-refractivity contribution in [1.29, 1.82) is 0 Å². The highest BCUT2D eigenvalue weighted by Crippen LogP contribution is 2.18. The van der Waals surface area contributed by atoms with Gasteiger partial charge in [0, 0.05) is 0 Å². The molecule has 0 amide bonds. The fourth-order valence-corrected chi connectivity index (χ4v) is 1.58. The van der Waals surface area contributed by atoms with Crippen LogP contribution in [0.1, 0.15) is 15.9 Å². The average Bonchev–Trinajstić information content (AvgIpc) is 2.46. The van der Waals surface area contributed by atoms with E-state index in [0.717, 1.165) is 5.56 Å². The molecule has 3 heteroatoms. The molecule has 0 fully saturated rings. The van der Waals surface area contributed by atoms with Crippen molar-refractivity contribution >= 4 is 22.6 Å². The Bertz CT molecular complexity index is 547. The molecule has 0 heterocycles. The second-order valence-corrected chi connectivity index (χ2v) is 4.01. The maximum absolute atomic E-state index is 11.7. The van der Waals surface area contributed by atoms with Gasteiger partial charge in [0.15, 0.2) is 0 Å². The molecule has 18 heavy (non-hydrogen) atoms. The number of hydrogen-bond acceptors (Lipinski definition) is 2. The molecular formula is C15H11ClO2. The van der Waals surface area contributed by atoms with Gasteiger partial charge in [0.2, 0.25) is 0 Å². The van der Waals surface area contributed by atoms with Crippen LogP contribution in [0.25, 0.3) is 5.03 Å². The molecule has 2 nitrogen and oxygen atoms in total. The zero-order valence-corrected chi connectivity index (χ0v) is 10.3. The van der Waals surface area contributed by atoms with Crippen molar-refractivity contribution < 1.29 is 9.53 Å².